The molecule has 3 rings (SSSR count). The number of nitrogens with two attached hydrogens (primary N) is 1. The zero-order valence-electron chi connectivity index (χ0n) is 19.3. The minimum Gasteiger partial charge on any atom is -0.490 e. The van der Waals surface area contributed by atoms with Crippen LogP contribution in [0.1, 0.15) is 57.6 Å². The number of hydrogen-bond acceptors (Lipinski definition) is 8. The predicted molar refractivity (Wildman–Crippen MR) is 126 cm³/mol. The highest BCUT2D eigenvalue weighted by Crippen LogP contribution is 2.31. The quantitative estimate of drug-likeness (QED) is 0.573. The fourth-order valence-electron chi connectivity index (χ4n) is 3.88. The van der Waals surface area contributed by atoms with Gasteiger partial charge in [-0.3, -0.25) is 4.90 Å². The molecule has 1 aromatic carbocycles. The Kier molecular flexibility index (Phi) is 8.51. The lowest BCUT2D eigenvalue weighted by molar-refractivity contribution is 0.181. The molecule has 0 radical (unpaired) electrons. The van der Waals surface area contributed by atoms with E-state index in [1.807, 2.05) is 19.1 Å². The van der Waals surface area contributed by atoms with Gasteiger partial charge in [0.25, 0.3) is 0 Å². The molecule has 0 bridgehead atoms. The summed E-state index contributed by atoms with van der Waals surface area (Å²) < 4.78 is 12.0. The van der Waals surface area contributed by atoms with Crippen LogP contribution in [0, 0.1) is 11.3 Å². The number of benzene rings is 1. The first kappa shape index (κ1) is 23.6. The summed E-state index contributed by atoms with van der Waals surface area (Å²) in [5.74, 6) is 2.34. The van der Waals surface area contributed by atoms with Crippen molar-refractivity contribution >= 4 is 11.8 Å². The van der Waals surface area contributed by atoms with E-state index in [1.165, 1.54) is 11.8 Å². The molecule has 0 amide bonds. The second-order valence-electron chi connectivity index (χ2n) is 8.07. The van der Waals surface area contributed by atoms with Crippen molar-refractivity contribution in [2.75, 3.05) is 30.7 Å². The van der Waals surface area contributed by atoms with Crippen molar-refractivity contribution in [3.05, 3.63) is 35.5 Å². The van der Waals surface area contributed by atoms with Crippen LogP contribution in [-0.2, 0) is 6.54 Å². The van der Waals surface area contributed by atoms with Crippen LogP contribution in [0.4, 0.5) is 11.8 Å². The monoisotopic (exact) mass is 438 g/mol. The molecule has 2 heterocycles. The number of piperidine rings is 1. The summed E-state index contributed by atoms with van der Waals surface area (Å²) in [7, 11) is 0. The highest BCUT2D eigenvalue weighted by Gasteiger charge is 2.21. The molecule has 0 aliphatic carbocycles. The number of hydrogen-bond donors (Lipinski definition) is 2. The van der Waals surface area contributed by atoms with Gasteiger partial charge in [0.2, 0.25) is 5.95 Å². The minimum absolute atomic E-state index is 0.210. The van der Waals surface area contributed by atoms with Gasteiger partial charge in [0, 0.05) is 25.7 Å². The molecule has 1 aliphatic heterocycles. The highest BCUT2D eigenvalue weighted by atomic mass is 16.5. The summed E-state index contributed by atoms with van der Waals surface area (Å²) in [5.41, 5.74) is 7.31. The van der Waals surface area contributed by atoms with Gasteiger partial charge in [0.1, 0.15) is 17.5 Å². The van der Waals surface area contributed by atoms with Crippen LogP contribution in [0.15, 0.2) is 24.4 Å². The molecule has 3 N–H and O–H groups in total. The van der Waals surface area contributed by atoms with Gasteiger partial charge in [-0.15, -0.1) is 0 Å². The lowest BCUT2D eigenvalue weighted by Gasteiger charge is -2.32. The van der Waals surface area contributed by atoms with Gasteiger partial charge in [0.05, 0.1) is 18.9 Å². The number of nitriles is 1. The Morgan fingerprint density at radius 3 is 2.59 bits per heavy atom. The summed E-state index contributed by atoms with van der Waals surface area (Å²) in [6.07, 6.45) is 5.60. The van der Waals surface area contributed by atoms with Crippen molar-refractivity contribution < 1.29 is 9.47 Å². The number of anilines is 2. The first-order valence-corrected chi connectivity index (χ1v) is 11.5. The van der Waals surface area contributed by atoms with E-state index in [0.29, 0.717) is 18.1 Å². The van der Waals surface area contributed by atoms with Crippen molar-refractivity contribution in [1.29, 1.82) is 5.26 Å². The molecule has 0 spiro atoms. The lowest BCUT2D eigenvalue weighted by Crippen LogP contribution is -2.39. The first-order valence-electron chi connectivity index (χ1n) is 11.5. The van der Waals surface area contributed by atoms with Crippen molar-refractivity contribution in [3.8, 4) is 17.6 Å². The molecule has 1 aliphatic rings. The molecular formula is C24H34N6O2. The Labute approximate surface area is 190 Å². The maximum absolute atomic E-state index is 8.95. The van der Waals surface area contributed by atoms with E-state index >= 15 is 0 Å². The van der Waals surface area contributed by atoms with Crippen LogP contribution in [0.5, 0.6) is 11.5 Å². The number of ether oxygens (including phenoxy) is 2. The SMILES string of the molecule is CCOc1cc(CN2CCC(Nc3ncc(C#N)c(N)n3)CC2)ccc1OC(CC)CC. The number of rotatable bonds is 10. The number of aromatic nitrogens is 2. The van der Waals surface area contributed by atoms with E-state index in [2.05, 4.69) is 46.2 Å². The molecule has 8 nitrogen and oxygen atoms in total. The summed E-state index contributed by atoms with van der Waals surface area (Å²) in [6, 6.07) is 8.56. The molecule has 0 saturated carbocycles. The van der Waals surface area contributed by atoms with E-state index in [-0.39, 0.29) is 18.0 Å². The van der Waals surface area contributed by atoms with Gasteiger partial charge in [-0.05, 0) is 50.3 Å². The number of nitrogen functional groups attached to an aromatic ring is 1. The number of nitrogens with zero attached hydrogens (tertiary/aromatic N) is 4. The molecule has 0 unspecified atom stereocenters. The smallest absolute Gasteiger partial charge is 0.224 e. The molecule has 172 valence electrons. The number of nitrogens with one attached hydrogen (secondary N) is 1. The Bertz CT molecular complexity index is 917. The second-order valence-corrected chi connectivity index (χ2v) is 8.07. The molecule has 32 heavy (non-hydrogen) atoms. The molecular weight excluding hydrogens is 404 g/mol. The van der Waals surface area contributed by atoms with Crippen molar-refractivity contribution in [1.82, 2.24) is 14.9 Å². The van der Waals surface area contributed by atoms with Crippen molar-refractivity contribution in [2.24, 2.45) is 0 Å². The van der Waals surface area contributed by atoms with Crippen LogP contribution < -0.4 is 20.5 Å². The zero-order valence-corrected chi connectivity index (χ0v) is 19.3. The fourth-order valence-corrected chi connectivity index (χ4v) is 3.88. The lowest BCUT2D eigenvalue weighted by atomic mass is 10.0. The van der Waals surface area contributed by atoms with Crippen LogP contribution in [0.2, 0.25) is 0 Å². The topological polar surface area (TPSA) is 109 Å². The number of likely N-dealkylation sites (tertiary alicyclic amines) is 1. The molecule has 1 saturated heterocycles. The standard InChI is InChI=1S/C24H34N6O2/c1-4-20(5-2)32-21-8-7-17(13-22(21)31-6-3)16-30-11-9-19(10-12-30)28-24-27-15-18(14-25)23(26)29-24/h7-8,13,15,19-20H,4-6,9-12,16H2,1-3H3,(H3,26,27,28,29). The van der Waals surface area contributed by atoms with Gasteiger partial charge in [0.15, 0.2) is 11.5 Å². The highest BCUT2D eigenvalue weighted by molar-refractivity contribution is 5.50. The molecule has 0 atom stereocenters. The minimum atomic E-state index is 0.210. The Hall–Kier alpha value is -3.05. The van der Waals surface area contributed by atoms with E-state index in [4.69, 9.17) is 20.5 Å². The van der Waals surface area contributed by atoms with E-state index < -0.39 is 0 Å². The summed E-state index contributed by atoms with van der Waals surface area (Å²) in [4.78, 5) is 10.8. The Morgan fingerprint density at radius 1 is 1.22 bits per heavy atom. The average Bonchev–Trinajstić information content (AvgIpc) is 2.80. The molecule has 2 aromatic rings. The summed E-state index contributed by atoms with van der Waals surface area (Å²) in [5, 5.41) is 12.3. The summed E-state index contributed by atoms with van der Waals surface area (Å²) in [6.45, 7) is 9.71. The van der Waals surface area contributed by atoms with Crippen molar-refractivity contribution in [2.45, 2.75) is 65.1 Å². The molecule has 1 aromatic heterocycles. The normalized spacial score (nSPS) is 14.8. The van der Waals surface area contributed by atoms with Crippen molar-refractivity contribution in [3.63, 3.8) is 0 Å². The zero-order chi connectivity index (χ0) is 22.9. The third-order valence-electron chi connectivity index (χ3n) is 5.78. The van der Waals surface area contributed by atoms with E-state index in [1.54, 1.807) is 0 Å². The van der Waals surface area contributed by atoms with Gasteiger partial charge >= 0.3 is 0 Å². The maximum atomic E-state index is 8.95. The summed E-state index contributed by atoms with van der Waals surface area (Å²) >= 11 is 0. The average molecular weight is 439 g/mol. The Balaban J connectivity index is 1.55. The van der Waals surface area contributed by atoms with E-state index in [0.717, 1.165) is 56.8 Å². The Morgan fingerprint density at radius 2 is 1.97 bits per heavy atom. The van der Waals surface area contributed by atoms with Gasteiger partial charge in [-0.25, -0.2) is 4.98 Å². The van der Waals surface area contributed by atoms with Crippen LogP contribution >= 0.6 is 0 Å². The third-order valence-corrected chi connectivity index (χ3v) is 5.78. The van der Waals surface area contributed by atoms with Gasteiger partial charge in [-0.1, -0.05) is 19.9 Å². The van der Waals surface area contributed by atoms with E-state index in [9.17, 15) is 0 Å². The first-order chi connectivity index (χ1) is 15.6. The van der Waals surface area contributed by atoms with Gasteiger partial charge < -0.3 is 20.5 Å². The largest absolute Gasteiger partial charge is 0.490 e. The fraction of sp³-hybridized carbons (Fsp3) is 0.542. The third kappa shape index (κ3) is 6.24. The van der Waals surface area contributed by atoms with Crippen LogP contribution in [0.3, 0.4) is 0 Å². The maximum Gasteiger partial charge on any atom is 0.224 e. The van der Waals surface area contributed by atoms with Crippen LogP contribution in [0.25, 0.3) is 0 Å². The molecule has 1 fully saturated rings. The van der Waals surface area contributed by atoms with Crippen LogP contribution in [-0.4, -0.2) is 46.7 Å². The predicted octanol–water partition coefficient (Wildman–Crippen LogP) is 3.97. The molecule has 8 heteroatoms. The second kappa shape index (κ2) is 11.5. The van der Waals surface area contributed by atoms with Gasteiger partial charge in [-0.2, -0.15) is 10.2 Å².